The molecule has 1 unspecified atom stereocenters. The fourth-order valence-electron chi connectivity index (χ4n) is 2.26. The van der Waals surface area contributed by atoms with E-state index in [1.54, 1.807) is 6.20 Å². The zero-order valence-corrected chi connectivity index (χ0v) is 12.8. The summed E-state index contributed by atoms with van der Waals surface area (Å²) >= 11 is 0. The minimum atomic E-state index is 0.0138. The van der Waals surface area contributed by atoms with Crippen molar-refractivity contribution in [3.05, 3.63) is 42.0 Å². The molecular weight excluding hydrogens is 266 g/mol. The van der Waals surface area contributed by atoms with E-state index in [1.807, 2.05) is 38.2 Å². The van der Waals surface area contributed by atoms with E-state index in [0.29, 0.717) is 13.2 Å². The van der Waals surface area contributed by atoms with Crippen molar-refractivity contribution in [1.29, 1.82) is 0 Å². The maximum atomic E-state index is 5.69. The molecule has 114 valence electrons. The smallest absolute Gasteiger partial charge is 0.161 e. The van der Waals surface area contributed by atoms with Gasteiger partial charge in [0.05, 0.1) is 19.3 Å². The first-order chi connectivity index (χ1) is 10.3. The predicted molar refractivity (Wildman–Crippen MR) is 82.9 cm³/mol. The summed E-state index contributed by atoms with van der Waals surface area (Å²) in [6.45, 7) is 8.09. The molecule has 1 atom stereocenters. The van der Waals surface area contributed by atoms with Gasteiger partial charge in [-0.25, -0.2) is 4.98 Å². The summed E-state index contributed by atoms with van der Waals surface area (Å²) in [5, 5.41) is 3.43. The lowest BCUT2D eigenvalue weighted by Crippen LogP contribution is -2.23. The van der Waals surface area contributed by atoms with Gasteiger partial charge in [-0.2, -0.15) is 0 Å². The van der Waals surface area contributed by atoms with Gasteiger partial charge in [0, 0.05) is 12.4 Å². The predicted octanol–water partition coefficient (Wildman–Crippen LogP) is 2.91. The Kier molecular flexibility index (Phi) is 5.63. The van der Waals surface area contributed by atoms with Crippen LogP contribution >= 0.6 is 0 Å². The quantitative estimate of drug-likeness (QED) is 0.784. The van der Waals surface area contributed by atoms with E-state index in [2.05, 4.69) is 22.2 Å². The molecule has 0 saturated carbocycles. The van der Waals surface area contributed by atoms with Crippen molar-refractivity contribution >= 4 is 0 Å². The van der Waals surface area contributed by atoms with Crippen molar-refractivity contribution in [2.45, 2.75) is 26.8 Å². The Morgan fingerprint density at radius 3 is 2.52 bits per heavy atom. The van der Waals surface area contributed by atoms with Gasteiger partial charge in [0.1, 0.15) is 5.82 Å². The molecule has 21 heavy (non-hydrogen) atoms. The van der Waals surface area contributed by atoms with Crippen LogP contribution < -0.4 is 14.8 Å². The standard InChI is InChI=1S/C16H23N3O2/c1-4-17-15(16-18-9-10-19-16)12-7-8-13(20-5-2)14(11-12)21-6-3/h7-11,15,17H,4-6H2,1-3H3,(H,18,19). The highest BCUT2D eigenvalue weighted by Crippen LogP contribution is 2.32. The molecule has 1 aromatic carbocycles. The van der Waals surface area contributed by atoms with E-state index in [4.69, 9.17) is 9.47 Å². The number of aromatic nitrogens is 2. The monoisotopic (exact) mass is 289 g/mol. The molecule has 0 saturated heterocycles. The molecule has 0 aliphatic rings. The second kappa shape index (κ2) is 7.69. The highest BCUT2D eigenvalue weighted by Gasteiger charge is 2.17. The van der Waals surface area contributed by atoms with Crippen molar-refractivity contribution in [1.82, 2.24) is 15.3 Å². The van der Waals surface area contributed by atoms with Gasteiger partial charge in [0.15, 0.2) is 11.5 Å². The van der Waals surface area contributed by atoms with E-state index in [9.17, 15) is 0 Å². The lowest BCUT2D eigenvalue weighted by Gasteiger charge is -2.18. The highest BCUT2D eigenvalue weighted by molar-refractivity contribution is 5.45. The van der Waals surface area contributed by atoms with Gasteiger partial charge in [0.25, 0.3) is 0 Å². The van der Waals surface area contributed by atoms with Crippen LogP contribution in [0.4, 0.5) is 0 Å². The summed E-state index contributed by atoms with van der Waals surface area (Å²) in [5.41, 5.74) is 1.10. The van der Waals surface area contributed by atoms with Gasteiger partial charge in [-0.1, -0.05) is 13.0 Å². The van der Waals surface area contributed by atoms with Crippen LogP contribution in [0.1, 0.15) is 38.2 Å². The Balaban J connectivity index is 2.34. The van der Waals surface area contributed by atoms with Gasteiger partial charge in [0.2, 0.25) is 0 Å². The van der Waals surface area contributed by atoms with Crippen molar-refractivity contribution in [3.63, 3.8) is 0 Å². The van der Waals surface area contributed by atoms with Gasteiger partial charge >= 0.3 is 0 Å². The molecule has 2 N–H and O–H groups in total. The molecule has 1 aromatic heterocycles. The fourth-order valence-corrected chi connectivity index (χ4v) is 2.26. The van der Waals surface area contributed by atoms with E-state index in [1.165, 1.54) is 0 Å². The molecule has 5 nitrogen and oxygen atoms in total. The largest absolute Gasteiger partial charge is 0.490 e. The Bertz CT molecular complexity index is 540. The lowest BCUT2D eigenvalue weighted by atomic mass is 10.1. The number of nitrogens with one attached hydrogen (secondary N) is 2. The molecule has 5 heteroatoms. The van der Waals surface area contributed by atoms with Crippen LogP contribution in [0, 0.1) is 0 Å². The van der Waals surface area contributed by atoms with E-state index >= 15 is 0 Å². The topological polar surface area (TPSA) is 59.2 Å². The fraction of sp³-hybridized carbons (Fsp3) is 0.438. The second-order valence-electron chi connectivity index (χ2n) is 4.54. The third-order valence-corrected chi connectivity index (χ3v) is 3.10. The number of aromatic amines is 1. The van der Waals surface area contributed by atoms with Crippen LogP contribution in [0.15, 0.2) is 30.6 Å². The minimum absolute atomic E-state index is 0.0138. The molecule has 0 bridgehead atoms. The Morgan fingerprint density at radius 2 is 1.90 bits per heavy atom. The zero-order valence-electron chi connectivity index (χ0n) is 12.8. The van der Waals surface area contributed by atoms with Crippen molar-refractivity contribution in [2.24, 2.45) is 0 Å². The van der Waals surface area contributed by atoms with Crippen LogP contribution in [0.2, 0.25) is 0 Å². The summed E-state index contributed by atoms with van der Waals surface area (Å²) < 4.78 is 11.3. The van der Waals surface area contributed by atoms with Crippen molar-refractivity contribution in [2.75, 3.05) is 19.8 Å². The SMILES string of the molecule is CCNC(c1ccc(OCC)c(OCC)c1)c1ncc[nH]1. The first-order valence-corrected chi connectivity index (χ1v) is 7.42. The number of H-pyrrole nitrogens is 1. The normalized spacial score (nSPS) is 12.1. The number of ether oxygens (including phenoxy) is 2. The summed E-state index contributed by atoms with van der Waals surface area (Å²) in [7, 11) is 0. The molecule has 0 spiro atoms. The molecule has 0 aliphatic heterocycles. The number of rotatable bonds is 8. The Hall–Kier alpha value is -2.01. The van der Waals surface area contributed by atoms with E-state index < -0.39 is 0 Å². The summed E-state index contributed by atoms with van der Waals surface area (Å²) in [5.74, 6) is 2.44. The third-order valence-electron chi connectivity index (χ3n) is 3.10. The highest BCUT2D eigenvalue weighted by atomic mass is 16.5. The molecular formula is C16H23N3O2. The summed E-state index contributed by atoms with van der Waals surface area (Å²) in [4.78, 5) is 7.52. The maximum Gasteiger partial charge on any atom is 0.161 e. The third kappa shape index (κ3) is 3.76. The molecule has 0 fully saturated rings. The molecule has 0 aliphatic carbocycles. The number of benzene rings is 1. The lowest BCUT2D eigenvalue weighted by molar-refractivity contribution is 0.287. The van der Waals surface area contributed by atoms with Crippen LogP contribution in [0.25, 0.3) is 0 Å². The molecule has 2 aromatic rings. The van der Waals surface area contributed by atoms with Crippen molar-refractivity contribution in [3.8, 4) is 11.5 Å². The van der Waals surface area contributed by atoms with Crippen LogP contribution in [0.3, 0.4) is 0 Å². The zero-order chi connectivity index (χ0) is 15.1. The second-order valence-corrected chi connectivity index (χ2v) is 4.54. The van der Waals surface area contributed by atoms with Gasteiger partial charge in [-0.15, -0.1) is 0 Å². The maximum absolute atomic E-state index is 5.69. The Morgan fingerprint density at radius 1 is 1.14 bits per heavy atom. The first-order valence-electron chi connectivity index (χ1n) is 7.42. The number of nitrogens with zero attached hydrogens (tertiary/aromatic N) is 1. The summed E-state index contributed by atoms with van der Waals surface area (Å²) in [6, 6.07) is 6.03. The Labute approximate surface area is 125 Å². The van der Waals surface area contributed by atoms with Gasteiger partial charge < -0.3 is 19.8 Å². The van der Waals surface area contributed by atoms with Gasteiger partial charge in [-0.3, -0.25) is 0 Å². The van der Waals surface area contributed by atoms with Crippen molar-refractivity contribution < 1.29 is 9.47 Å². The average molecular weight is 289 g/mol. The summed E-state index contributed by atoms with van der Waals surface area (Å²) in [6.07, 6.45) is 3.59. The average Bonchev–Trinajstić information content (AvgIpc) is 3.01. The van der Waals surface area contributed by atoms with Crippen LogP contribution in [-0.2, 0) is 0 Å². The van der Waals surface area contributed by atoms with Crippen LogP contribution in [0.5, 0.6) is 11.5 Å². The minimum Gasteiger partial charge on any atom is -0.490 e. The van der Waals surface area contributed by atoms with Crippen LogP contribution in [-0.4, -0.2) is 29.7 Å². The first kappa shape index (κ1) is 15.4. The van der Waals surface area contributed by atoms with Gasteiger partial charge in [-0.05, 0) is 38.1 Å². The van der Waals surface area contributed by atoms with E-state index in [0.717, 1.165) is 29.4 Å². The molecule has 0 radical (unpaired) electrons. The van der Waals surface area contributed by atoms with E-state index in [-0.39, 0.29) is 6.04 Å². The number of hydrogen-bond donors (Lipinski definition) is 2. The number of imidazole rings is 1. The number of hydrogen-bond acceptors (Lipinski definition) is 4. The molecule has 0 amide bonds. The molecule has 2 rings (SSSR count). The molecule has 1 heterocycles.